The Bertz CT molecular complexity index is 474. The molecule has 20 heavy (non-hydrogen) atoms. The SMILES string of the molecule is O=S(Oc1ccccc1)OC(F)(F)C(F)(F)C(F)(F)F. The molecule has 0 bridgehead atoms. The zero-order valence-corrected chi connectivity index (χ0v) is 9.98. The Morgan fingerprint density at radius 3 is 1.85 bits per heavy atom. The third kappa shape index (κ3) is 3.60. The third-order valence-electron chi connectivity index (χ3n) is 1.80. The highest BCUT2D eigenvalue weighted by molar-refractivity contribution is 7.75. The van der Waals surface area contributed by atoms with E-state index in [9.17, 15) is 34.9 Å². The summed E-state index contributed by atoms with van der Waals surface area (Å²) in [6, 6.07) is 6.29. The molecule has 0 aliphatic heterocycles. The van der Waals surface area contributed by atoms with Crippen LogP contribution in [0.15, 0.2) is 30.3 Å². The molecule has 0 aliphatic carbocycles. The van der Waals surface area contributed by atoms with Gasteiger partial charge in [-0.05, 0) is 12.1 Å². The summed E-state index contributed by atoms with van der Waals surface area (Å²) in [5, 5.41) is 0. The van der Waals surface area contributed by atoms with Gasteiger partial charge in [-0.3, -0.25) is 0 Å². The second-order valence-corrected chi connectivity index (χ2v) is 4.01. The van der Waals surface area contributed by atoms with Crippen molar-refractivity contribution in [2.24, 2.45) is 0 Å². The number of hydrogen-bond donors (Lipinski definition) is 0. The molecule has 1 unspecified atom stereocenters. The second kappa shape index (κ2) is 5.56. The standard InChI is InChI=1S/C9H5F7O3S/c10-7(11,8(12,13)14)9(15,16)19-20(17)18-6-4-2-1-3-5-6/h1-5H. The molecule has 1 aromatic rings. The van der Waals surface area contributed by atoms with Crippen LogP contribution in [0.25, 0.3) is 0 Å². The van der Waals surface area contributed by atoms with Crippen LogP contribution in [0.5, 0.6) is 5.75 Å². The molecular formula is C9H5F7O3S. The normalized spacial score (nSPS) is 14.9. The minimum absolute atomic E-state index is 0.322. The average Bonchev–Trinajstić information content (AvgIpc) is 2.27. The van der Waals surface area contributed by atoms with Crippen LogP contribution in [0.4, 0.5) is 30.7 Å². The van der Waals surface area contributed by atoms with Gasteiger partial charge in [-0.15, -0.1) is 0 Å². The first-order valence-electron chi connectivity index (χ1n) is 4.64. The molecule has 1 rings (SSSR count). The molecule has 11 heteroatoms. The predicted molar refractivity (Wildman–Crippen MR) is 52.2 cm³/mol. The van der Waals surface area contributed by atoms with Crippen LogP contribution in [0.3, 0.4) is 0 Å². The molecule has 0 spiro atoms. The van der Waals surface area contributed by atoms with E-state index in [2.05, 4.69) is 8.37 Å². The number of alkyl halides is 7. The van der Waals surface area contributed by atoms with Gasteiger partial charge in [-0.2, -0.15) is 39.1 Å². The Labute approximate surface area is 110 Å². The van der Waals surface area contributed by atoms with Gasteiger partial charge in [0, 0.05) is 0 Å². The van der Waals surface area contributed by atoms with E-state index in [-0.39, 0.29) is 5.75 Å². The lowest BCUT2D eigenvalue weighted by atomic mass is 10.3. The van der Waals surface area contributed by atoms with Crippen molar-refractivity contribution in [3.8, 4) is 5.75 Å². The number of para-hydroxylation sites is 1. The highest BCUT2D eigenvalue weighted by Gasteiger charge is 2.75. The van der Waals surface area contributed by atoms with Gasteiger partial charge in [0.2, 0.25) is 0 Å². The van der Waals surface area contributed by atoms with Gasteiger partial charge in [-0.25, -0.2) is 0 Å². The summed E-state index contributed by atoms with van der Waals surface area (Å²) in [6.07, 6.45) is -12.6. The van der Waals surface area contributed by atoms with Gasteiger partial charge < -0.3 is 4.18 Å². The smallest absolute Gasteiger partial charge is 0.380 e. The first-order valence-corrected chi connectivity index (χ1v) is 5.64. The summed E-state index contributed by atoms with van der Waals surface area (Å²) in [5.41, 5.74) is 0. The van der Waals surface area contributed by atoms with E-state index in [1.54, 1.807) is 0 Å². The Morgan fingerprint density at radius 1 is 0.900 bits per heavy atom. The van der Waals surface area contributed by atoms with E-state index in [1.807, 2.05) is 0 Å². The molecule has 114 valence electrons. The molecule has 0 N–H and O–H groups in total. The number of rotatable bonds is 5. The highest BCUT2D eigenvalue weighted by Crippen LogP contribution is 2.47. The summed E-state index contributed by atoms with van der Waals surface area (Å²) >= 11 is -3.55. The number of hydrogen-bond acceptors (Lipinski definition) is 3. The molecule has 0 saturated heterocycles. The maximum Gasteiger partial charge on any atom is 0.462 e. The monoisotopic (exact) mass is 326 g/mol. The van der Waals surface area contributed by atoms with Crippen molar-refractivity contribution < 1.29 is 43.3 Å². The van der Waals surface area contributed by atoms with Crippen LogP contribution in [-0.2, 0) is 15.5 Å². The topological polar surface area (TPSA) is 35.5 Å². The van der Waals surface area contributed by atoms with Crippen LogP contribution >= 0.6 is 0 Å². The van der Waals surface area contributed by atoms with Crippen molar-refractivity contribution in [1.29, 1.82) is 0 Å². The lowest BCUT2D eigenvalue weighted by molar-refractivity contribution is -0.402. The zero-order chi connectivity index (χ0) is 15.6. The van der Waals surface area contributed by atoms with E-state index < -0.39 is 29.6 Å². The first kappa shape index (κ1) is 16.7. The molecule has 1 aromatic carbocycles. The summed E-state index contributed by atoms with van der Waals surface area (Å²) < 4.78 is 103. The van der Waals surface area contributed by atoms with Crippen LogP contribution < -0.4 is 4.18 Å². The minimum Gasteiger partial charge on any atom is -0.380 e. The fourth-order valence-corrected chi connectivity index (χ4v) is 1.45. The summed E-state index contributed by atoms with van der Waals surface area (Å²) in [4.78, 5) is 0. The van der Waals surface area contributed by atoms with Crippen molar-refractivity contribution in [1.82, 2.24) is 0 Å². The third-order valence-corrected chi connectivity index (χ3v) is 2.48. The minimum atomic E-state index is -6.58. The van der Waals surface area contributed by atoms with Gasteiger partial charge in [0.1, 0.15) is 5.75 Å². The van der Waals surface area contributed by atoms with Crippen molar-refractivity contribution in [3.63, 3.8) is 0 Å². The maximum absolute atomic E-state index is 12.7. The fraction of sp³-hybridized carbons (Fsp3) is 0.333. The Morgan fingerprint density at radius 2 is 1.40 bits per heavy atom. The van der Waals surface area contributed by atoms with E-state index >= 15 is 0 Å². The first-order chi connectivity index (χ1) is 8.97. The fourth-order valence-electron chi connectivity index (χ4n) is 0.874. The molecule has 0 aliphatic rings. The van der Waals surface area contributed by atoms with Crippen LogP contribution in [0, 0.1) is 0 Å². The molecular weight excluding hydrogens is 321 g/mol. The van der Waals surface area contributed by atoms with Crippen molar-refractivity contribution in [2.75, 3.05) is 0 Å². The van der Waals surface area contributed by atoms with E-state index in [0.29, 0.717) is 0 Å². The second-order valence-electron chi connectivity index (χ2n) is 3.27. The predicted octanol–water partition coefficient (Wildman–Crippen LogP) is 3.45. The van der Waals surface area contributed by atoms with Crippen molar-refractivity contribution >= 4 is 11.4 Å². The summed E-state index contributed by atoms with van der Waals surface area (Å²) in [6.45, 7) is 0. The van der Waals surface area contributed by atoms with Crippen molar-refractivity contribution in [2.45, 2.75) is 18.2 Å². The molecule has 0 fully saturated rings. The molecule has 0 saturated carbocycles. The van der Waals surface area contributed by atoms with Crippen LogP contribution in [-0.4, -0.2) is 22.4 Å². The molecule has 0 aromatic heterocycles. The Hall–Kier alpha value is -1.36. The van der Waals surface area contributed by atoms with E-state index in [4.69, 9.17) is 0 Å². The van der Waals surface area contributed by atoms with Gasteiger partial charge in [0.05, 0.1) is 0 Å². The Balaban J connectivity index is 2.79. The number of benzene rings is 1. The average molecular weight is 326 g/mol. The van der Waals surface area contributed by atoms with Crippen molar-refractivity contribution in [3.05, 3.63) is 30.3 Å². The summed E-state index contributed by atoms with van der Waals surface area (Å²) in [5.74, 6) is -6.84. The quantitative estimate of drug-likeness (QED) is 0.778. The molecule has 0 heterocycles. The lowest BCUT2D eigenvalue weighted by Gasteiger charge is -2.26. The van der Waals surface area contributed by atoms with Crippen LogP contribution in [0.1, 0.15) is 0 Å². The van der Waals surface area contributed by atoms with Gasteiger partial charge >= 0.3 is 29.6 Å². The Kier molecular flexibility index (Phi) is 4.64. The van der Waals surface area contributed by atoms with Gasteiger partial charge in [-0.1, -0.05) is 18.2 Å². The van der Waals surface area contributed by atoms with Gasteiger partial charge in [0.25, 0.3) is 0 Å². The largest absolute Gasteiger partial charge is 0.462 e. The molecule has 0 amide bonds. The van der Waals surface area contributed by atoms with Gasteiger partial charge in [0.15, 0.2) is 0 Å². The molecule has 3 nitrogen and oxygen atoms in total. The van der Waals surface area contributed by atoms with E-state index in [0.717, 1.165) is 12.1 Å². The molecule has 1 atom stereocenters. The maximum atomic E-state index is 12.7. The van der Waals surface area contributed by atoms with E-state index in [1.165, 1.54) is 18.2 Å². The van der Waals surface area contributed by atoms with Crippen LogP contribution in [0.2, 0.25) is 0 Å². The number of halogens is 7. The zero-order valence-electron chi connectivity index (χ0n) is 9.17. The molecule has 0 radical (unpaired) electrons. The lowest BCUT2D eigenvalue weighted by Crippen LogP contribution is -2.53. The highest BCUT2D eigenvalue weighted by atomic mass is 32.2. The summed E-state index contributed by atoms with van der Waals surface area (Å²) in [7, 11) is 0.